The molecule has 4 atom stereocenters. The number of nitrogens with zero attached hydrogens (tertiary/aromatic N) is 3. The minimum absolute atomic E-state index is 0.534. The van der Waals surface area contributed by atoms with Crippen molar-refractivity contribution in [3.63, 3.8) is 0 Å². The van der Waals surface area contributed by atoms with E-state index in [-0.39, 0.29) is 0 Å². The average molecular weight is 393 g/mol. The third-order valence-electron chi connectivity index (χ3n) is 7.05. The van der Waals surface area contributed by atoms with E-state index in [9.17, 15) is 0 Å². The molecule has 0 aliphatic carbocycles. The monoisotopic (exact) mass is 392 g/mol. The first kappa shape index (κ1) is 19.2. The van der Waals surface area contributed by atoms with Crippen LogP contribution in [0.2, 0.25) is 0 Å². The third kappa shape index (κ3) is 4.23. The summed E-state index contributed by atoms with van der Waals surface area (Å²) < 4.78 is 5.49. The van der Waals surface area contributed by atoms with Gasteiger partial charge in [0.15, 0.2) is 0 Å². The van der Waals surface area contributed by atoms with Crippen LogP contribution in [0.3, 0.4) is 0 Å². The molecule has 4 aliphatic rings. The number of piperidine rings is 3. The van der Waals surface area contributed by atoms with Crippen LogP contribution in [0.1, 0.15) is 43.1 Å². The second-order valence-corrected chi connectivity index (χ2v) is 8.93. The normalized spacial score (nSPS) is 29.8. The maximum absolute atomic E-state index is 5.49. The first-order chi connectivity index (χ1) is 14.3. The highest BCUT2D eigenvalue weighted by Crippen LogP contribution is 2.41. The molecule has 5 heteroatoms. The van der Waals surface area contributed by atoms with E-state index in [2.05, 4.69) is 46.6 Å². The van der Waals surface area contributed by atoms with Gasteiger partial charge in [0.1, 0.15) is 5.82 Å². The van der Waals surface area contributed by atoms with Crippen LogP contribution in [0.25, 0.3) is 11.3 Å². The van der Waals surface area contributed by atoms with Gasteiger partial charge in [0.25, 0.3) is 0 Å². The van der Waals surface area contributed by atoms with E-state index in [0.29, 0.717) is 18.0 Å². The molecular weight excluding hydrogens is 360 g/mol. The lowest BCUT2D eigenvalue weighted by molar-refractivity contribution is 0.0235. The molecule has 1 aromatic carbocycles. The topological polar surface area (TPSA) is 50.3 Å². The van der Waals surface area contributed by atoms with Gasteiger partial charge in [0.05, 0.1) is 5.69 Å². The fourth-order valence-electron chi connectivity index (χ4n) is 5.43. The summed E-state index contributed by atoms with van der Waals surface area (Å²) in [6.07, 6.45) is 4.88. The van der Waals surface area contributed by atoms with Crippen molar-refractivity contribution in [2.75, 3.05) is 32.8 Å². The largest absolute Gasteiger partial charge is 0.381 e. The number of hydrogen-bond donors (Lipinski definition) is 1. The first-order valence-electron chi connectivity index (χ1n) is 11.2. The minimum Gasteiger partial charge on any atom is -0.381 e. The highest BCUT2D eigenvalue weighted by Gasteiger charge is 2.41. The molecule has 4 aliphatic heterocycles. The number of ether oxygens (including phenoxy) is 1. The quantitative estimate of drug-likeness (QED) is 0.845. The Bertz CT molecular complexity index is 821. The summed E-state index contributed by atoms with van der Waals surface area (Å²) in [5.41, 5.74) is 3.48. The smallest absolute Gasteiger partial charge is 0.126 e. The SMILES string of the molecule is Cc1nc(-c2ccccc2)cc(C2CN3CCC2CC3CNC2CCOCC2)n1. The molecule has 1 N–H and O–H groups in total. The van der Waals surface area contributed by atoms with Gasteiger partial charge in [-0.2, -0.15) is 0 Å². The van der Waals surface area contributed by atoms with Gasteiger partial charge < -0.3 is 10.1 Å². The van der Waals surface area contributed by atoms with E-state index >= 15 is 0 Å². The Kier molecular flexibility index (Phi) is 5.62. The van der Waals surface area contributed by atoms with Crippen molar-refractivity contribution < 1.29 is 4.74 Å². The molecule has 0 radical (unpaired) electrons. The van der Waals surface area contributed by atoms with Gasteiger partial charge in [0, 0.05) is 55.6 Å². The molecule has 154 valence electrons. The number of aromatic nitrogens is 2. The van der Waals surface area contributed by atoms with Crippen LogP contribution in [0.4, 0.5) is 0 Å². The van der Waals surface area contributed by atoms with Gasteiger partial charge in [-0.15, -0.1) is 0 Å². The van der Waals surface area contributed by atoms with Gasteiger partial charge in [-0.05, 0) is 51.1 Å². The molecule has 2 bridgehead atoms. The molecule has 4 fully saturated rings. The molecule has 4 saturated heterocycles. The number of aryl methyl sites for hydroxylation is 1. The molecule has 1 aromatic heterocycles. The van der Waals surface area contributed by atoms with Crippen LogP contribution in [0.15, 0.2) is 36.4 Å². The van der Waals surface area contributed by atoms with Crippen LogP contribution in [0, 0.1) is 12.8 Å². The third-order valence-corrected chi connectivity index (χ3v) is 7.05. The van der Waals surface area contributed by atoms with E-state index in [4.69, 9.17) is 14.7 Å². The van der Waals surface area contributed by atoms with Crippen LogP contribution < -0.4 is 5.32 Å². The fourth-order valence-corrected chi connectivity index (χ4v) is 5.43. The van der Waals surface area contributed by atoms with E-state index < -0.39 is 0 Å². The zero-order valence-corrected chi connectivity index (χ0v) is 17.4. The summed E-state index contributed by atoms with van der Waals surface area (Å²) in [5.74, 6) is 2.15. The van der Waals surface area contributed by atoms with Gasteiger partial charge in [-0.3, -0.25) is 4.90 Å². The zero-order chi connectivity index (χ0) is 19.6. The van der Waals surface area contributed by atoms with Crippen molar-refractivity contribution in [1.82, 2.24) is 20.2 Å². The first-order valence-corrected chi connectivity index (χ1v) is 11.2. The predicted molar refractivity (Wildman–Crippen MR) is 115 cm³/mol. The van der Waals surface area contributed by atoms with E-state index in [0.717, 1.165) is 56.6 Å². The van der Waals surface area contributed by atoms with Crippen LogP contribution in [0.5, 0.6) is 0 Å². The zero-order valence-electron chi connectivity index (χ0n) is 17.4. The van der Waals surface area contributed by atoms with E-state index in [1.807, 2.05) is 6.92 Å². The van der Waals surface area contributed by atoms with Crippen molar-refractivity contribution >= 4 is 0 Å². The summed E-state index contributed by atoms with van der Waals surface area (Å²) in [5, 5.41) is 3.82. The summed E-state index contributed by atoms with van der Waals surface area (Å²) in [4.78, 5) is 12.3. The summed E-state index contributed by atoms with van der Waals surface area (Å²) in [7, 11) is 0. The van der Waals surface area contributed by atoms with Crippen LogP contribution in [-0.4, -0.2) is 59.8 Å². The number of nitrogens with one attached hydrogen (secondary N) is 1. The lowest BCUT2D eigenvalue weighted by Crippen LogP contribution is -2.56. The molecule has 5 nitrogen and oxygen atoms in total. The Balaban J connectivity index is 1.28. The number of fused-ring (bicyclic) bond motifs is 3. The number of rotatable bonds is 5. The maximum atomic E-state index is 5.49. The molecule has 6 rings (SSSR count). The molecule has 0 spiro atoms. The van der Waals surface area contributed by atoms with Gasteiger partial charge in [-0.1, -0.05) is 30.3 Å². The molecule has 0 saturated carbocycles. The van der Waals surface area contributed by atoms with Crippen molar-refractivity contribution in [3.8, 4) is 11.3 Å². The van der Waals surface area contributed by atoms with Gasteiger partial charge in [0.2, 0.25) is 0 Å². The highest BCUT2D eigenvalue weighted by atomic mass is 16.5. The van der Waals surface area contributed by atoms with Crippen molar-refractivity contribution in [2.24, 2.45) is 5.92 Å². The Labute approximate surface area is 173 Å². The van der Waals surface area contributed by atoms with E-state index in [1.54, 1.807) is 0 Å². The second kappa shape index (κ2) is 8.50. The van der Waals surface area contributed by atoms with E-state index in [1.165, 1.54) is 30.6 Å². The molecule has 2 aromatic rings. The summed E-state index contributed by atoms with van der Waals surface area (Å²) in [6, 6.07) is 14.0. The lowest BCUT2D eigenvalue weighted by atomic mass is 9.74. The second-order valence-electron chi connectivity index (χ2n) is 8.93. The molecular formula is C24H32N4O. The highest BCUT2D eigenvalue weighted by molar-refractivity contribution is 5.59. The minimum atomic E-state index is 0.534. The molecule has 29 heavy (non-hydrogen) atoms. The fraction of sp³-hybridized carbons (Fsp3) is 0.583. The average Bonchev–Trinajstić information content (AvgIpc) is 2.79. The Hall–Kier alpha value is -1.82. The van der Waals surface area contributed by atoms with Crippen molar-refractivity contribution in [3.05, 3.63) is 47.9 Å². The maximum Gasteiger partial charge on any atom is 0.126 e. The standard InChI is InChI=1S/C24H32N4O/c1-17-26-23(18-5-3-2-4-6-18)14-24(27-17)22-16-28-10-7-19(22)13-21(28)15-25-20-8-11-29-12-9-20/h2-6,14,19-22,25H,7-13,15-16H2,1H3. The van der Waals surface area contributed by atoms with Crippen molar-refractivity contribution in [2.45, 2.75) is 50.6 Å². The summed E-state index contributed by atoms with van der Waals surface area (Å²) >= 11 is 0. The molecule has 5 heterocycles. The van der Waals surface area contributed by atoms with Gasteiger partial charge in [-0.25, -0.2) is 9.97 Å². The molecule has 0 amide bonds. The Morgan fingerprint density at radius 2 is 1.93 bits per heavy atom. The predicted octanol–water partition coefficient (Wildman–Crippen LogP) is 3.40. The number of benzene rings is 1. The Morgan fingerprint density at radius 1 is 1.10 bits per heavy atom. The van der Waals surface area contributed by atoms with Gasteiger partial charge >= 0.3 is 0 Å². The van der Waals surface area contributed by atoms with Crippen LogP contribution in [-0.2, 0) is 4.74 Å². The summed E-state index contributed by atoms with van der Waals surface area (Å²) in [6.45, 7) is 7.33. The van der Waals surface area contributed by atoms with Crippen LogP contribution >= 0.6 is 0 Å². The number of hydrogen-bond acceptors (Lipinski definition) is 5. The molecule has 4 unspecified atom stereocenters. The lowest BCUT2D eigenvalue weighted by Gasteiger charge is -2.50. The Morgan fingerprint density at radius 3 is 2.69 bits per heavy atom. The van der Waals surface area contributed by atoms with Crippen molar-refractivity contribution in [1.29, 1.82) is 0 Å².